The number of nitrogens with one attached hydrogen (secondary N) is 1. The molecule has 0 atom stereocenters. The molecule has 1 aromatic carbocycles. The number of carbonyl (C=O) groups is 2. The van der Waals surface area contributed by atoms with Crippen LogP contribution >= 0.6 is 0 Å². The van der Waals surface area contributed by atoms with Gasteiger partial charge in [-0.05, 0) is 30.7 Å². The second-order valence-corrected chi connectivity index (χ2v) is 6.94. The quantitative estimate of drug-likeness (QED) is 0.531. The van der Waals surface area contributed by atoms with E-state index in [9.17, 15) is 9.59 Å². The number of anilines is 1. The van der Waals surface area contributed by atoms with Crippen LogP contribution in [0.15, 0.2) is 54.7 Å². The maximum absolute atomic E-state index is 12.8. The van der Waals surface area contributed by atoms with Crippen molar-refractivity contribution in [2.45, 2.75) is 51.9 Å². The summed E-state index contributed by atoms with van der Waals surface area (Å²) in [7, 11) is 0. The van der Waals surface area contributed by atoms with Gasteiger partial charge in [0.05, 0.1) is 0 Å². The van der Waals surface area contributed by atoms with E-state index in [2.05, 4.69) is 17.2 Å². The highest BCUT2D eigenvalue weighted by Crippen LogP contribution is 2.10. The molecule has 1 N–H and O–H groups in total. The number of carbonyl (C=O) groups excluding carboxylic acids is 2. The largest absolute Gasteiger partial charge is 0.337 e. The van der Waals surface area contributed by atoms with Crippen molar-refractivity contribution in [3.05, 3.63) is 60.4 Å². The van der Waals surface area contributed by atoms with Gasteiger partial charge in [0.25, 0.3) is 5.91 Å². The van der Waals surface area contributed by atoms with Gasteiger partial charge in [0.2, 0.25) is 5.91 Å². The molecule has 0 saturated heterocycles. The molecule has 2 amide bonds. The number of para-hydroxylation sites is 1. The Hall–Kier alpha value is -2.69. The van der Waals surface area contributed by atoms with E-state index in [4.69, 9.17) is 0 Å². The van der Waals surface area contributed by atoms with E-state index in [1.54, 1.807) is 23.2 Å². The fourth-order valence-electron chi connectivity index (χ4n) is 3.03. The van der Waals surface area contributed by atoms with Gasteiger partial charge in [-0.25, -0.2) is 0 Å². The first-order valence-electron chi connectivity index (χ1n) is 10.3. The van der Waals surface area contributed by atoms with Gasteiger partial charge in [0.15, 0.2) is 0 Å². The van der Waals surface area contributed by atoms with Crippen molar-refractivity contribution < 1.29 is 9.59 Å². The molecule has 0 aliphatic heterocycles. The summed E-state index contributed by atoms with van der Waals surface area (Å²) < 4.78 is 0. The van der Waals surface area contributed by atoms with Gasteiger partial charge in [0, 0.05) is 31.4 Å². The SMILES string of the molecule is CCCCCCCCN(CCC(=O)Nc1ccccc1)C(=O)c1ccccn1. The minimum Gasteiger partial charge on any atom is -0.337 e. The molecule has 150 valence electrons. The van der Waals surface area contributed by atoms with E-state index in [1.807, 2.05) is 36.4 Å². The van der Waals surface area contributed by atoms with E-state index in [-0.39, 0.29) is 18.2 Å². The molecule has 0 aliphatic rings. The fourth-order valence-corrected chi connectivity index (χ4v) is 3.03. The van der Waals surface area contributed by atoms with E-state index >= 15 is 0 Å². The zero-order chi connectivity index (χ0) is 20.0. The smallest absolute Gasteiger partial charge is 0.272 e. The van der Waals surface area contributed by atoms with Crippen molar-refractivity contribution in [3.8, 4) is 0 Å². The number of hydrogen-bond acceptors (Lipinski definition) is 3. The number of pyridine rings is 1. The summed E-state index contributed by atoms with van der Waals surface area (Å²) in [5, 5.41) is 2.87. The van der Waals surface area contributed by atoms with Crippen molar-refractivity contribution in [1.29, 1.82) is 0 Å². The zero-order valence-corrected chi connectivity index (χ0v) is 16.8. The predicted molar refractivity (Wildman–Crippen MR) is 113 cm³/mol. The minimum atomic E-state index is -0.110. The highest BCUT2D eigenvalue weighted by atomic mass is 16.2. The Balaban J connectivity index is 1.87. The maximum atomic E-state index is 12.8. The van der Waals surface area contributed by atoms with Crippen molar-refractivity contribution in [2.24, 2.45) is 0 Å². The average Bonchev–Trinajstić information content (AvgIpc) is 2.73. The molecule has 1 aromatic heterocycles. The summed E-state index contributed by atoms with van der Waals surface area (Å²) in [6.07, 6.45) is 8.85. The van der Waals surface area contributed by atoms with Crippen molar-refractivity contribution in [1.82, 2.24) is 9.88 Å². The summed E-state index contributed by atoms with van der Waals surface area (Å²) in [6.45, 7) is 3.25. The first-order chi connectivity index (χ1) is 13.7. The molecular formula is C23H31N3O2. The third-order valence-corrected chi connectivity index (χ3v) is 4.62. The van der Waals surface area contributed by atoms with Crippen LogP contribution in [0.25, 0.3) is 0 Å². The lowest BCUT2D eigenvalue weighted by atomic mass is 10.1. The molecule has 0 spiro atoms. The Morgan fingerprint density at radius 2 is 1.61 bits per heavy atom. The molecule has 1 heterocycles. The highest BCUT2D eigenvalue weighted by molar-refractivity contribution is 5.94. The van der Waals surface area contributed by atoms with Crippen molar-refractivity contribution in [3.63, 3.8) is 0 Å². The van der Waals surface area contributed by atoms with E-state index in [0.717, 1.165) is 18.5 Å². The van der Waals surface area contributed by atoms with Crippen LogP contribution in [0.5, 0.6) is 0 Å². The minimum absolute atomic E-state index is 0.0898. The highest BCUT2D eigenvalue weighted by Gasteiger charge is 2.17. The van der Waals surface area contributed by atoms with Crippen LogP contribution in [-0.4, -0.2) is 34.8 Å². The number of nitrogens with zero attached hydrogens (tertiary/aromatic N) is 2. The molecule has 0 fully saturated rings. The van der Waals surface area contributed by atoms with Gasteiger partial charge >= 0.3 is 0 Å². The summed E-state index contributed by atoms with van der Waals surface area (Å²) in [5.74, 6) is -0.199. The van der Waals surface area contributed by atoms with Crippen LogP contribution in [-0.2, 0) is 4.79 Å². The Bertz CT molecular complexity index is 704. The first-order valence-corrected chi connectivity index (χ1v) is 10.3. The fraction of sp³-hybridized carbons (Fsp3) is 0.435. The van der Waals surface area contributed by atoms with Crippen LogP contribution in [0, 0.1) is 0 Å². The van der Waals surface area contributed by atoms with Gasteiger partial charge in [0.1, 0.15) is 5.69 Å². The standard InChI is InChI=1S/C23H31N3O2/c1-2-3-4-5-6-12-18-26(23(28)21-15-10-11-17-24-21)19-16-22(27)25-20-13-8-7-9-14-20/h7-11,13-15,17H,2-6,12,16,18-19H2,1H3,(H,25,27). The monoisotopic (exact) mass is 381 g/mol. The Morgan fingerprint density at radius 3 is 2.32 bits per heavy atom. The molecule has 0 radical (unpaired) electrons. The number of benzene rings is 1. The second-order valence-electron chi connectivity index (χ2n) is 6.94. The summed E-state index contributed by atoms with van der Waals surface area (Å²) in [5.41, 5.74) is 1.20. The number of unbranched alkanes of at least 4 members (excludes halogenated alkanes) is 5. The number of aromatic nitrogens is 1. The Kier molecular flexibility index (Phi) is 9.76. The van der Waals surface area contributed by atoms with E-state index in [0.29, 0.717) is 18.8 Å². The van der Waals surface area contributed by atoms with E-state index < -0.39 is 0 Å². The van der Waals surface area contributed by atoms with Crippen molar-refractivity contribution in [2.75, 3.05) is 18.4 Å². The molecular weight excluding hydrogens is 350 g/mol. The molecule has 28 heavy (non-hydrogen) atoms. The Labute approximate surface area is 168 Å². The molecule has 5 nitrogen and oxygen atoms in total. The molecule has 0 unspecified atom stereocenters. The average molecular weight is 382 g/mol. The molecule has 0 aliphatic carbocycles. The van der Waals surface area contributed by atoms with Gasteiger partial charge in [-0.1, -0.05) is 63.3 Å². The Morgan fingerprint density at radius 1 is 0.893 bits per heavy atom. The maximum Gasteiger partial charge on any atom is 0.272 e. The topological polar surface area (TPSA) is 62.3 Å². The third-order valence-electron chi connectivity index (χ3n) is 4.62. The summed E-state index contributed by atoms with van der Waals surface area (Å²) in [6, 6.07) is 14.7. The molecule has 0 bridgehead atoms. The molecule has 5 heteroatoms. The van der Waals surface area contributed by atoms with Crippen LogP contribution in [0.4, 0.5) is 5.69 Å². The van der Waals surface area contributed by atoms with E-state index in [1.165, 1.54) is 25.7 Å². The lowest BCUT2D eigenvalue weighted by molar-refractivity contribution is -0.116. The lowest BCUT2D eigenvalue weighted by Gasteiger charge is -2.22. The normalized spacial score (nSPS) is 10.5. The van der Waals surface area contributed by atoms with Crippen molar-refractivity contribution >= 4 is 17.5 Å². The lowest BCUT2D eigenvalue weighted by Crippen LogP contribution is -2.35. The van der Waals surface area contributed by atoms with Gasteiger partial charge < -0.3 is 10.2 Å². The number of amides is 2. The number of rotatable bonds is 12. The van der Waals surface area contributed by atoms with Gasteiger partial charge in [-0.3, -0.25) is 14.6 Å². The second kappa shape index (κ2) is 12.7. The summed E-state index contributed by atoms with van der Waals surface area (Å²) >= 11 is 0. The first kappa shape index (κ1) is 21.6. The van der Waals surface area contributed by atoms with Crippen LogP contribution in [0.2, 0.25) is 0 Å². The predicted octanol–water partition coefficient (Wildman–Crippen LogP) is 4.91. The molecule has 2 rings (SSSR count). The molecule has 2 aromatic rings. The molecule has 0 saturated carbocycles. The van der Waals surface area contributed by atoms with Gasteiger partial charge in [-0.15, -0.1) is 0 Å². The van der Waals surface area contributed by atoms with Crippen LogP contribution < -0.4 is 5.32 Å². The van der Waals surface area contributed by atoms with Crippen LogP contribution in [0.3, 0.4) is 0 Å². The third kappa shape index (κ3) is 7.91. The summed E-state index contributed by atoms with van der Waals surface area (Å²) in [4.78, 5) is 31.0. The zero-order valence-electron chi connectivity index (χ0n) is 16.8. The van der Waals surface area contributed by atoms with Gasteiger partial charge in [-0.2, -0.15) is 0 Å². The number of hydrogen-bond donors (Lipinski definition) is 1. The van der Waals surface area contributed by atoms with Crippen LogP contribution in [0.1, 0.15) is 62.4 Å².